The second kappa shape index (κ2) is 25.0. The Morgan fingerprint density at radius 3 is 1.23 bits per heavy atom. The quantitative estimate of drug-likeness (QED) is 0.0457. The smallest absolute Gasteiger partial charge is 0.136 e. The van der Waals surface area contributed by atoms with Crippen molar-refractivity contribution in [2.45, 2.75) is 141 Å². The fraction of sp³-hybridized carbons (Fsp3) is 0.481. The number of nitrogens with zero attached hydrogens (tertiary/aromatic N) is 2. The summed E-state index contributed by atoms with van der Waals surface area (Å²) in [5.41, 5.74) is 4.21. The van der Waals surface area contributed by atoms with E-state index in [1.165, 1.54) is 73.6 Å². The van der Waals surface area contributed by atoms with Gasteiger partial charge in [0.2, 0.25) is 0 Å². The van der Waals surface area contributed by atoms with Crippen LogP contribution in [0.4, 0.5) is 0 Å². The zero-order valence-electron chi connectivity index (χ0n) is 36.7. The van der Waals surface area contributed by atoms with E-state index in [1.54, 1.807) is 22.7 Å². The van der Waals surface area contributed by atoms with Crippen LogP contribution in [0.25, 0.3) is 41.6 Å². The lowest BCUT2D eigenvalue weighted by Crippen LogP contribution is -2.32. The molecule has 2 heterocycles. The SMILES string of the molecule is O=C(CCCCCCCCCCOc1ccccc1-c1nc2ccccc2s1)[C@@H]1CCCC[C@H]1C(=O)CCCCCCCCCCOc1ccccc1-c1nc2ccccc2s1. The Kier molecular flexibility index (Phi) is 18.4. The molecule has 6 nitrogen and oxygen atoms in total. The average molecular weight is 871 g/mol. The van der Waals surface area contributed by atoms with Crippen molar-refractivity contribution < 1.29 is 19.1 Å². The summed E-state index contributed by atoms with van der Waals surface area (Å²) in [5, 5.41) is 2.02. The minimum atomic E-state index is -0.0309. The van der Waals surface area contributed by atoms with E-state index < -0.39 is 0 Å². The van der Waals surface area contributed by atoms with Gasteiger partial charge in [0.25, 0.3) is 0 Å². The molecule has 2 atom stereocenters. The number of hydrogen-bond donors (Lipinski definition) is 0. The number of carbonyl (C=O) groups is 2. The van der Waals surface area contributed by atoms with E-state index in [1.807, 2.05) is 24.3 Å². The lowest BCUT2D eigenvalue weighted by atomic mass is 9.73. The van der Waals surface area contributed by atoms with Gasteiger partial charge in [-0.3, -0.25) is 9.59 Å². The van der Waals surface area contributed by atoms with Crippen molar-refractivity contribution in [3.8, 4) is 32.6 Å². The molecule has 62 heavy (non-hydrogen) atoms. The molecule has 7 rings (SSSR count). The highest BCUT2D eigenvalue weighted by atomic mass is 32.1. The number of Topliss-reactive ketones (excluding diaryl/α,β-unsaturated/α-hetero) is 2. The zero-order chi connectivity index (χ0) is 42.6. The Morgan fingerprint density at radius 1 is 0.452 bits per heavy atom. The number of ketones is 2. The highest BCUT2D eigenvalue weighted by molar-refractivity contribution is 7.22. The van der Waals surface area contributed by atoms with Crippen LogP contribution in [0.2, 0.25) is 0 Å². The first-order valence-electron chi connectivity index (χ1n) is 23.8. The second-order valence-corrected chi connectivity index (χ2v) is 19.3. The summed E-state index contributed by atoms with van der Waals surface area (Å²) in [6.07, 6.45) is 23.6. The van der Waals surface area contributed by atoms with Crippen molar-refractivity contribution in [2.75, 3.05) is 13.2 Å². The summed E-state index contributed by atoms with van der Waals surface area (Å²) in [5.74, 6) is 2.48. The number of para-hydroxylation sites is 4. The molecule has 0 bridgehead atoms. The predicted molar refractivity (Wildman–Crippen MR) is 260 cm³/mol. The monoisotopic (exact) mass is 870 g/mol. The van der Waals surface area contributed by atoms with Crippen molar-refractivity contribution in [1.29, 1.82) is 0 Å². The number of thiazole rings is 2. The van der Waals surface area contributed by atoms with Crippen molar-refractivity contribution in [3.63, 3.8) is 0 Å². The van der Waals surface area contributed by atoms with Crippen LogP contribution in [-0.2, 0) is 9.59 Å². The number of ether oxygens (including phenoxy) is 2. The van der Waals surface area contributed by atoms with Crippen LogP contribution in [0.1, 0.15) is 141 Å². The second-order valence-electron chi connectivity index (χ2n) is 17.2. The van der Waals surface area contributed by atoms with Crippen molar-refractivity contribution >= 4 is 54.7 Å². The summed E-state index contributed by atoms with van der Waals surface area (Å²) in [6.45, 7) is 1.44. The average Bonchev–Trinajstić information content (AvgIpc) is 3.95. The van der Waals surface area contributed by atoms with Crippen molar-refractivity contribution in [1.82, 2.24) is 9.97 Å². The predicted octanol–water partition coefficient (Wildman–Crippen LogP) is 15.7. The maximum absolute atomic E-state index is 13.3. The van der Waals surface area contributed by atoms with Gasteiger partial charge in [0.05, 0.1) is 44.8 Å². The molecule has 0 aliphatic heterocycles. The maximum atomic E-state index is 13.3. The van der Waals surface area contributed by atoms with Gasteiger partial charge in [-0.05, 0) is 87.1 Å². The third-order valence-electron chi connectivity index (χ3n) is 12.6. The van der Waals surface area contributed by atoms with E-state index in [-0.39, 0.29) is 11.8 Å². The number of benzene rings is 4. The van der Waals surface area contributed by atoms with Crippen LogP contribution in [0.15, 0.2) is 97.1 Å². The number of carbonyl (C=O) groups excluding carboxylic acids is 2. The molecule has 1 saturated carbocycles. The standard InChI is InChI=1S/C54H66N2O4S2/c57-47(33-13-9-5-1-3-7-11-25-39-59-49-35-21-17-29-43(49)53-55-45-31-19-23-37-51(45)61-53)41-27-15-16-28-42(41)48(58)34-14-10-6-2-4-8-12-26-40-60-50-36-22-18-30-44(50)54-56-46-32-20-24-38-52(46)62-54/h17-24,29-32,35-38,41-42H,1-16,25-28,33-34,39-40H2/t41-,42-/m1/s1. The Balaban J connectivity index is 0.678. The fourth-order valence-electron chi connectivity index (χ4n) is 9.07. The van der Waals surface area contributed by atoms with E-state index in [0.29, 0.717) is 24.4 Å². The molecule has 0 amide bonds. The van der Waals surface area contributed by atoms with Gasteiger partial charge < -0.3 is 9.47 Å². The van der Waals surface area contributed by atoms with Gasteiger partial charge in [0.1, 0.15) is 33.1 Å². The van der Waals surface area contributed by atoms with Crippen LogP contribution in [0, 0.1) is 11.8 Å². The van der Waals surface area contributed by atoms with Gasteiger partial charge in [-0.25, -0.2) is 9.97 Å². The Hall–Kier alpha value is -4.40. The summed E-state index contributed by atoms with van der Waals surface area (Å²) in [4.78, 5) is 36.3. The minimum Gasteiger partial charge on any atom is -0.493 e. The molecular weight excluding hydrogens is 805 g/mol. The summed E-state index contributed by atoms with van der Waals surface area (Å²) >= 11 is 3.42. The lowest BCUT2D eigenvalue weighted by Gasteiger charge is -2.29. The van der Waals surface area contributed by atoms with Crippen LogP contribution < -0.4 is 9.47 Å². The summed E-state index contributed by atoms with van der Waals surface area (Å²) in [6, 6.07) is 33.0. The fourth-order valence-corrected chi connectivity index (χ4v) is 11.1. The molecule has 1 aliphatic rings. The number of rotatable bonds is 28. The van der Waals surface area contributed by atoms with Gasteiger partial charge in [-0.1, -0.05) is 138 Å². The van der Waals surface area contributed by atoms with Gasteiger partial charge in [0.15, 0.2) is 0 Å². The van der Waals surface area contributed by atoms with Crippen molar-refractivity contribution in [2.24, 2.45) is 11.8 Å². The molecule has 0 N–H and O–H groups in total. The molecule has 4 aromatic carbocycles. The Labute approximate surface area is 377 Å². The third-order valence-corrected chi connectivity index (χ3v) is 14.7. The van der Waals surface area contributed by atoms with Gasteiger partial charge >= 0.3 is 0 Å². The first kappa shape index (κ1) is 45.6. The Bertz CT molecular complexity index is 2050. The van der Waals surface area contributed by atoms with E-state index in [2.05, 4.69) is 72.8 Å². The molecule has 6 aromatic rings. The molecular formula is C54H66N2O4S2. The number of unbranched alkanes of at least 4 members (excludes halogenated alkanes) is 14. The van der Waals surface area contributed by atoms with E-state index >= 15 is 0 Å². The minimum absolute atomic E-state index is 0.0309. The number of hydrogen-bond acceptors (Lipinski definition) is 8. The summed E-state index contributed by atoms with van der Waals surface area (Å²) < 4.78 is 14.8. The van der Waals surface area contributed by atoms with E-state index in [0.717, 1.165) is 121 Å². The lowest BCUT2D eigenvalue weighted by molar-refractivity contribution is -0.134. The van der Waals surface area contributed by atoms with Crippen molar-refractivity contribution in [3.05, 3.63) is 97.1 Å². The van der Waals surface area contributed by atoms with Gasteiger partial charge in [-0.15, -0.1) is 22.7 Å². The van der Waals surface area contributed by atoms with Gasteiger partial charge in [0, 0.05) is 24.7 Å². The molecule has 328 valence electrons. The third kappa shape index (κ3) is 13.6. The van der Waals surface area contributed by atoms with E-state index in [9.17, 15) is 9.59 Å². The van der Waals surface area contributed by atoms with Crippen LogP contribution >= 0.6 is 22.7 Å². The van der Waals surface area contributed by atoms with E-state index in [4.69, 9.17) is 19.4 Å². The Morgan fingerprint density at radius 2 is 0.806 bits per heavy atom. The molecule has 0 unspecified atom stereocenters. The highest BCUT2D eigenvalue weighted by Gasteiger charge is 2.34. The molecule has 0 saturated heterocycles. The largest absolute Gasteiger partial charge is 0.493 e. The molecule has 2 aromatic heterocycles. The van der Waals surface area contributed by atoms with Gasteiger partial charge in [-0.2, -0.15) is 0 Å². The highest BCUT2D eigenvalue weighted by Crippen LogP contribution is 2.38. The first-order chi connectivity index (χ1) is 30.6. The summed E-state index contributed by atoms with van der Waals surface area (Å²) in [7, 11) is 0. The molecule has 0 radical (unpaired) electrons. The molecule has 1 aliphatic carbocycles. The zero-order valence-corrected chi connectivity index (χ0v) is 38.3. The normalized spacial score (nSPS) is 15.3. The molecule has 8 heteroatoms. The number of aromatic nitrogens is 2. The van der Waals surface area contributed by atoms with Crippen LogP contribution in [-0.4, -0.2) is 34.7 Å². The first-order valence-corrected chi connectivity index (χ1v) is 25.5. The van der Waals surface area contributed by atoms with Crippen LogP contribution in [0.3, 0.4) is 0 Å². The topological polar surface area (TPSA) is 78.4 Å². The van der Waals surface area contributed by atoms with Crippen LogP contribution in [0.5, 0.6) is 11.5 Å². The molecule has 1 fully saturated rings. The molecule has 0 spiro atoms. The maximum Gasteiger partial charge on any atom is 0.136 e. The number of fused-ring (bicyclic) bond motifs is 2.